The summed E-state index contributed by atoms with van der Waals surface area (Å²) in [5.74, 6) is 0. The predicted octanol–water partition coefficient (Wildman–Crippen LogP) is 3.06. The Kier molecular flexibility index (Phi) is 4.64. The Hall–Kier alpha value is -2.71. The molecule has 0 heterocycles. The van der Waals surface area contributed by atoms with E-state index in [1.165, 1.54) is 6.07 Å². The first kappa shape index (κ1) is 14.7. The zero-order valence-electron chi connectivity index (χ0n) is 11.7. The second-order valence-corrected chi connectivity index (χ2v) is 4.73. The van der Waals surface area contributed by atoms with Gasteiger partial charge < -0.3 is 5.32 Å². The van der Waals surface area contributed by atoms with Crippen molar-refractivity contribution >= 4 is 5.69 Å². The summed E-state index contributed by atoms with van der Waals surface area (Å²) in [7, 11) is 0. The number of hydrogen-bond donors (Lipinski definition) is 1. The van der Waals surface area contributed by atoms with E-state index in [1.54, 1.807) is 19.1 Å². The van der Waals surface area contributed by atoms with Crippen LogP contribution in [-0.2, 0) is 13.1 Å². The fourth-order valence-corrected chi connectivity index (χ4v) is 2.15. The molecular weight excluding hydrogens is 266 g/mol. The average molecular weight is 281 g/mol. The first-order valence-corrected chi connectivity index (χ1v) is 6.54. The van der Waals surface area contributed by atoms with E-state index < -0.39 is 0 Å². The first-order chi connectivity index (χ1) is 10.1. The fourth-order valence-electron chi connectivity index (χ4n) is 2.15. The third-order valence-corrected chi connectivity index (χ3v) is 3.31. The maximum atomic E-state index is 10.9. The van der Waals surface area contributed by atoms with E-state index in [1.807, 2.05) is 24.3 Å². The van der Waals surface area contributed by atoms with Crippen molar-refractivity contribution in [2.24, 2.45) is 0 Å². The molecule has 0 atom stereocenters. The molecule has 0 spiro atoms. The van der Waals surface area contributed by atoms with Crippen LogP contribution in [-0.4, -0.2) is 4.92 Å². The number of nitriles is 1. The molecule has 0 aliphatic carbocycles. The second-order valence-electron chi connectivity index (χ2n) is 4.73. The van der Waals surface area contributed by atoms with Crippen LogP contribution in [0.15, 0.2) is 42.5 Å². The van der Waals surface area contributed by atoms with Gasteiger partial charge in [-0.25, -0.2) is 0 Å². The van der Waals surface area contributed by atoms with Gasteiger partial charge in [-0.05, 0) is 30.2 Å². The molecule has 0 unspecified atom stereocenters. The van der Waals surface area contributed by atoms with Gasteiger partial charge in [0.25, 0.3) is 5.69 Å². The van der Waals surface area contributed by atoms with Crippen LogP contribution in [0, 0.1) is 28.4 Å². The number of rotatable bonds is 5. The lowest BCUT2D eigenvalue weighted by atomic mass is 10.1. The van der Waals surface area contributed by atoms with Crippen molar-refractivity contribution in [2.75, 3.05) is 0 Å². The van der Waals surface area contributed by atoms with Gasteiger partial charge in [-0.2, -0.15) is 5.26 Å². The zero-order chi connectivity index (χ0) is 15.2. The summed E-state index contributed by atoms with van der Waals surface area (Å²) in [6.07, 6.45) is 0. The van der Waals surface area contributed by atoms with Crippen molar-refractivity contribution in [1.82, 2.24) is 5.32 Å². The highest BCUT2D eigenvalue weighted by Gasteiger charge is 2.12. The molecule has 0 fully saturated rings. The quantitative estimate of drug-likeness (QED) is 0.674. The number of nitro benzene ring substituents is 1. The maximum absolute atomic E-state index is 10.9. The second kappa shape index (κ2) is 6.64. The summed E-state index contributed by atoms with van der Waals surface area (Å²) in [5, 5.41) is 23.0. The molecule has 0 saturated heterocycles. The summed E-state index contributed by atoms with van der Waals surface area (Å²) in [4.78, 5) is 10.5. The van der Waals surface area contributed by atoms with Crippen LogP contribution in [0.5, 0.6) is 0 Å². The normalized spacial score (nSPS) is 10.1. The smallest absolute Gasteiger partial charge is 0.272 e. The van der Waals surface area contributed by atoms with Crippen LogP contribution in [0.3, 0.4) is 0 Å². The summed E-state index contributed by atoms with van der Waals surface area (Å²) >= 11 is 0. The summed E-state index contributed by atoms with van der Waals surface area (Å²) < 4.78 is 0. The van der Waals surface area contributed by atoms with E-state index in [9.17, 15) is 10.1 Å². The standard InChI is InChI=1S/C16H15N3O2/c1-12-15(6-3-7-16(12)19(20)21)11-18-10-14-5-2-4-13(8-14)9-17/h2-8,18H,10-11H2,1H3. The van der Waals surface area contributed by atoms with Crippen molar-refractivity contribution in [2.45, 2.75) is 20.0 Å². The predicted molar refractivity (Wildman–Crippen MR) is 79.5 cm³/mol. The van der Waals surface area contributed by atoms with Crippen molar-refractivity contribution < 1.29 is 4.92 Å². The summed E-state index contributed by atoms with van der Waals surface area (Å²) in [5.41, 5.74) is 3.36. The number of benzene rings is 2. The number of nitrogens with one attached hydrogen (secondary N) is 1. The van der Waals surface area contributed by atoms with Gasteiger partial charge in [0.05, 0.1) is 16.6 Å². The Morgan fingerprint density at radius 3 is 2.71 bits per heavy atom. The zero-order valence-corrected chi connectivity index (χ0v) is 11.7. The fraction of sp³-hybridized carbons (Fsp3) is 0.188. The Morgan fingerprint density at radius 2 is 2.00 bits per heavy atom. The SMILES string of the molecule is Cc1c(CNCc2cccc(C#N)c2)cccc1[N+](=O)[O-]. The Labute approximate surface area is 123 Å². The molecule has 2 rings (SSSR count). The monoisotopic (exact) mass is 281 g/mol. The maximum Gasteiger partial charge on any atom is 0.272 e. The highest BCUT2D eigenvalue weighted by atomic mass is 16.6. The molecule has 0 radical (unpaired) electrons. The molecule has 0 amide bonds. The third kappa shape index (κ3) is 3.65. The molecule has 106 valence electrons. The lowest BCUT2D eigenvalue weighted by molar-refractivity contribution is -0.385. The largest absolute Gasteiger partial charge is 0.309 e. The Bertz CT molecular complexity index is 705. The highest BCUT2D eigenvalue weighted by Crippen LogP contribution is 2.20. The third-order valence-electron chi connectivity index (χ3n) is 3.31. The van der Waals surface area contributed by atoms with E-state index in [0.717, 1.165) is 11.1 Å². The summed E-state index contributed by atoms with van der Waals surface area (Å²) in [6, 6.07) is 14.5. The molecule has 2 aromatic rings. The van der Waals surface area contributed by atoms with Gasteiger partial charge in [0.15, 0.2) is 0 Å². The van der Waals surface area contributed by atoms with Crippen molar-refractivity contribution in [1.29, 1.82) is 5.26 Å². The molecular formula is C16H15N3O2. The van der Waals surface area contributed by atoms with Crippen LogP contribution < -0.4 is 5.32 Å². The molecule has 0 saturated carbocycles. The molecule has 5 nitrogen and oxygen atoms in total. The van der Waals surface area contributed by atoms with Crippen LogP contribution in [0.2, 0.25) is 0 Å². The molecule has 2 aromatic carbocycles. The molecule has 0 aliphatic heterocycles. The van der Waals surface area contributed by atoms with Crippen LogP contribution in [0.25, 0.3) is 0 Å². The number of nitrogens with zero attached hydrogens (tertiary/aromatic N) is 2. The van der Waals surface area contributed by atoms with Gasteiger partial charge in [-0.3, -0.25) is 10.1 Å². The van der Waals surface area contributed by atoms with E-state index in [4.69, 9.17) is 5.26 Å². The minimum absolute atomic E-state index is 0.140. The minimum atomic E-state index is -0.366. The summed E-state index contributed by atoms with van der Waals surface area (Å²) in [6.45, 7) is 2.91. The Balaban J connectivity index is 2.02. The van der Waals surface area contributed by atoms with Gasteiger partial charge in [0.2, 0.25) is 0 Å². The lowest BCUT2D eigenvalue weighted by Crippen LogP contribution is -2.14. The molecule has 21 heavy (non-hydrogen) atoms. The minimum Gasteiger partial charge on any atom is -0.309 e. The van der Waals surface area contributed by atoms with Crippen LogP contribution in [0.4, 0.5) is 5.69 Å². The van der Waals surface area contributed by atoms with E-state index >= 15 is 0 Å². The van der Waals surface area contributed by atoms with E-state index in [0.29, 0.717) is 24.2 Å². The molecule has 0 aliphatic rings. The molecule has 0 bridgehead atoms. The van der Waals surface area contributed by atoms with Gasteiger partial charge >= 0.3 is 0 Å². The lowest BCUT2D eigenvalue weighted by Gasteiger charge is -2.08. The van der Waals surface area contributed by atoms with Crippen molar-refractivity contribution in [3.8, 4) is 6.07 Å². The number of nitro groups is 1. The Morgan fingerprint density at radius 1 is 1.24 bits per heavy atom. The van der Waals surface area contributed by atoms with Gasteiger partial charge in [0, 0.05) is 24.7 Å². The van der Waals surface area contributed by atoms with Crippen LogP contribution >= 0.6 is 0 Å². The number of hydrogen-bond acceptors (Lipinski definition) is 4. The van der Waals surface area contributed by atoms with Crippen molar-refractivity contribution in [3.05, 3.63) is 74.8 Å². The topological polar surface area (TPSA) is 79.0 Å². The molecule has 1 N–H and O–H groups in total. The molecule has 0 aromatic heterocycles. The van der Waals surface area contributed by atoms with Gasteiger partial charge in [0.1, 0.15) is 0 Å². The van der Waals surface area contributed by atoms with Gasteiger partial charge in [-0.15, -0.1) is 0 Å². The van der Waals surface area contributed by atoms with Gasteiger partial charge in [-0.1, -0.05) is 24.3 Å². The van der Waals surface area contributed by atoms with Crippen LogP contribution in [0.1, 0.15) is 22.3 Å². The average Bonchev–Trinajstić information content (AvgIpc) is 2.49. The highest BCUT2D eigenvalue weighted by molar-refractivity contribution is 5.44. The first-order valence-electron chi connectivity index (χ1n) is 6.54. The molecule has 5 heteroatoms. The van der Waals surface area contributed by atoms with E-state index in [-0.39, 0.29) is 10.6 Å². The van der Waals surface area contributed by atoms with Crippen molar-refractivity contribution in [3.63, 3.8) is 0 Å². The van der Waals surface area contributed by atoms with E-state index in [2.05, 4.69) is 11.4 Å².